The Labute approximate surface area is 144 Å². The molecule has 0 saturated carbocycles. The zero-order valence-corrected chi connectivity index (χ0v) is 14.5. The molecule has 0 radical (unpaired) electrons. The van der Waals surface area contributed by atoms with Crippen LogP contribution in [-0.4, -0.2) is 56.9 Å². The summed E-state index contributed by atoms with van der Waals surface area (Å²) in [6.45, 7) is 1.93. The lowest BCUT2D eigenvalue weighted by atomic mass is 10.0. The molecule has 1 rings (SSSR count). The van der Waals surface area contributed by atoms with Crippen LogP contribution < -0.4 is 0 Å². The fraction of sp³-hybridized carbons (Fsp3) is 0.833. The van der Waals surface area contributed by atoms with Gasteiger partial charge in [-0.2, -0.15) is 0 Å². The number of unbranched alkanes of at least 4 members (excludes halogenated alkanes) is 4. The molecule has 0 spiro atoms. The van der Waals surface area contributed by atoms with E-state index in [4.69, 9.17) is 9.84 Å². The Morgan fingerprint density at radius 3 is 2.46 bits per heavy atom. The van der Waals surface area contributed by atoms with E-state index in [1.807, 2.05) is 6.92 Å². The summed E-state index contributed by atoms with van der Waals surface area (Å²) in [6.07, 6.45) is 6.92. The highest BCUT2D eigenvalue weighted by atomic mass is 16.5. The van der Waals surface area contributed by atoms with E-state index in [1.165, 1.54) is 0 Å². The molecule has 0 aromatic rings. The maximum Gasteiger partial charge on any atom is 0.303 e. The van der Waals surface area contributed by atoms with Crippen LogP contribution in [0.1, 0.15) is 64.7 Å². The molecule has 1 aliphatic heterocycles. The molecule has 0 aromatic carbocycles. The SMILES string of the molecule is CC[C@@H]1O[C@@H]([C@@H](O)/C=C/[C@H](O)CCCCCCCC(=O)O)C[C@@H]1O. The largest absolute Gasteiger partial charge is 0.481 e. The van der Waals surface area contributed by atoms with Crippen LogP contribution in [0.15, 0.2) is 12.2 Å². The van der Waals surface area contributed by atoms with Crippen molar-refractivity contribution in [3.8, 4) is 0 Å². The zero-order valence-electron chi connectivity index (χ0n) is 14.5. The van der Waals surface area contributed by atoms with Crippen LogP contribution in [0.5, 0.6) is 0 Å². The number of aliphatic hydroxyl groups excluding tert-OH is 3. The van der Waals surface area contributed by atoms with Crippen molar-refractivity contribution in [2.45, 2.75) is 95.2 Å². The van der Waals surface area contributed by atoms with Gasteiger partial charge in [-0.25, -0.2) is 0 Å². The quantitative estimate of drug-likeness (QED) is 0.319. The van der Waals surface area contributed by atoms with Gasteiger partial charge in [0.05, 0.1) is 30.5 Å². The summed E-state index contributed by atoms with van der Waals surface area (Å²) in [6, 6.07) is 0. The molecular weight excluding hydrogens is 312 g/mol. The minimum Gasteiger partial charge on any atom is -0.481 e. The molecule has 1 heterocycles. The van der Waals surface area contributed by atoms with E-state index in [1.54, 1.807) is 12.2 Å². The second kappa shape index (κ2) is 11.6. The van der Waals surface area contributed by atoms with Crippen molar-refractivity contribution in [1.29, 1.82) is 0 Å². The zero-order chi connectivity index (χ0) is 17.9. The van der Waals surface area contributed by atoms with Crippen molar-refractivity contribution < 1.29 is 30.0 Å². The van der Waals surface area contributed by atoms with Crippen molar-refractivity contribution in [3.63, 3.8) is 0 Å². The first-order valence-electron chi connectivity index (χ1n) is 9.03. The van der Waals surface area contributed by atoms with E-state index < -0.39 is 30.4 Å². The van der Waals surface area contributed by atoms with Crippen LogP contribution in [0, 0.1) is 0 Å². The van der Waals surface area contributed by atoms with Gasteiger partial charge in [0.15, 0.2) is 0 Å². The Bertz CT molecular complexity index is 384. The highest BCUT2D eigenvalue weighted by molar-refractivity contribution is 5.66. The topological polar surface area (TPSA) is 107 Å². The van der Waals surface area contributed by atoms with Crippen LogP contribution in [-0.2, 0) is 9.53 Å². The Balaban J connectivity index is 2.12. The molecule has 0 aliphatic carbocycles. The lowest BCUT2D eigenvalue weighted by Gasteiger charge is -2.16. The Hall–Kier alpha value is -0.950. The number of hydrogen-bond acceptors (Lipinski definition) is 5. The van der Waals surface area contributed by atoms with Crippen LogP contribution in [0.25, 0.3) is 0 Å². The van der Waals surface area contributed by atoms with E-state index in [-0.39, 0.29) is 12.5 Å². The summed E-state index contributed by atoms with van der Waals surface area (Å²) in [5.41, 5.74) is 0. The lowest BCUT2D eigenvalue weighted by molar-refractivity contribution is -0.137. The van der Waals surface area contributed by atoms with E-state index >= 15 is 0 Å². The smallest absolute Gasteiger partial charge is 0.303 e. The van der Waals surface area contributed by atoms with Crippen molar-refractivity contribution in [2.75, 3.05) is 0 Å². The van der Waals surface area contributed by atoms with Crippen LogP contribution in [0.4, 0.5) is 0 Å². The van der Waals surface area contributed by atoms with Gasteiger partial charge in [-0.1, -0.05) is 44.8 Å². The lowest BCUT2D eigenvalue weighted by Crippen LogP contribution is -2.24. The molecule has 140 valence electrons. The van der Waals surface area contributed by atoms with Crippen LogP contribution >= 0.6 is 0 Å². The summed E-state index contributed by atoms with van der Waals surface area (Å²) < 4.78 is 5.60. The van der Waals surface area contributed by atoms with Gasteiger partial charge in [-0.05, 0) is 19.3 Å². The number of aliphatic hydroxyl groups is 3. The van der Waals surface area contributed by atoms with Crippen molar-refractivity contribution in [3.05, 3.63) is 12.2 Å². The maximum atomic E-state index is 10.4. The molecule has 0 aromatic heterocycles. The Morgan fingerprint density at radius 2 is 1.83 bits per heavy atom. The normalized spacial score (nSPS) is 26.8. The molecule has 6 heteroatoms. The van der Waals surface area contributed by atoms with E-state index in [9.17, 15) is 20.1 Å². The Morgan fingerprint density at radius 1 is 1.17 bits per heavy atom. The average molecular weight is 344 g/mol. The van der Waals surface area contributed by atoms with Gasteiger partial charge < -0.3 is 25.2 Å². The summed E-state index contributed by atoms with van der Waals surface area (Å²) in [7, 11) is 0. The molecule has 6 nitrogen and oxygen atoms in total. The molecule has 24 heavy (non-hydrogen) atoms. The van der Waals surface area contributed by atoms with Gasteiger partial charge in [0, 0.05) is 12.8 Å². The summed E-state index contributed by atoms with van der Waals surface area (Å²) in [5.74, 6) is -0.752. The van der Waals surface area contributed by atoms with Gasteiger partial charge in [-0.15, -0.1) is 0 Å². The van der Waals surface area contributed by atoms with Crippen molar-refractivity contribution in [2.24, 2.45) is 0 Å². The van der Waals surface area contributed by atoms with Gasteiger partial charge in [0.2, 0.25) is 0 Å². The second-order valence-electron chi connectivity index (χ2n) is 6.57. The summed E-state index contributed by atoms with van der Waals surface area (Å²) >= 11 is 0. The number of hydrogen-bond donors (Lipinski definition) is 4. The van der Waals surface area contributed by atoms with E-state index in [2.05, 4.69) is 0 Å². The number of carbonyl (C=O) groups is 1. The van der Waals surface area contributed by atoms with Crippen molar-refractivity contribution in [1.82, 2.24) is 0 Å². The molecule has 1 aliphatic rings. The predicted octanol–water partition coefficient (Wildman–Crippen LogP) is 2.01. The summed E-state index contributed by atoms with van der Waals surface area (Å²) in [5, 5.41) is 38.3. The van der Waals surface area contributed by atoms with Crippen LogP contribution in [0.2, 0.25) is 0 Å². The predicted molar refractivity (Wildman–Crippen MR) is 90.7 cm³/mol. The molecule has 4 N–H and O–H groups in total. The van der Waals surface area contributed by atoms with E-state index in [0.29, 0.717) is 25.7 Å². The molecule has 0 bridgehead atoms. The molecule has 1 saturated heterocycles. The third-order valence-corrected chi connectivity index (χ3v) is 4.46. The molecule has 0 amide bonds. The number of ether oxygens (including phenoxy) is 1. The third kappa shape index (κ3) is 8.24. The first kappa shape index (κ1) is 21.1. The molecular formula is C18H32O6. The fourth-order valence-electron chi connectivity index (χ4n) is 2.97. The minimum atomic E-state index is -0.818. The highest BCUT2D eigenvalue weighted by Gasteiger charge is 2.35. The Kier molecular flexibility index (Phi) is 10.2. The number of aliphatic carboxylic acids is 1. The van der Waals surface area contributed by atoms with Crippen molar-refractivity contribution >= 4 is 5.97 Å². The monoisotopic (exact) mass is 344 g/mol. The number of rotatable bonds is 12. The van der Waals surface area contributed by atoms with Gasteiger partial charge in [0.1, 0.15) is 0 Å². The van der Waals surface area contributed by atoms with Crippen LogP contribution in [0.3, 0.4) is 0 Å². The second-order valence-corrected chi connectivity index (χ2v) is 6.57. The number of carboxylic acid groups (broad SMARTS) is 1. The fourth-order valence-corrected chi connectivity index (χ4v) is 2.97. The van der Waals surface area contributed by atoms with Gasteiger partial charge in [-0.3, -0.25) is 4.79 Å². The van der Waals surface area contributed by atoms with E-state index in [0.717, 1.165) is 25.7 Å². The van der Waals surface area contributed by atoms with Gasteiger partial charge in [0.25, 0.3) is 0 Å². The van der Waals surface area contributed by atoms with Gasteiger partial charge >= 0.3 is 5.97 Å². The maximum absolute atomic E-state index is 10.4. The molecule has 5 atom stereocenters. The average Bonchev–Trinajstić information content (AvgIpc) is 2.92. The molecule has 0 unspecified atom stereocenters. The number of carboxylic acids is 1. The minimum absolute atomic E-state index is 0.218. The first-order valence-corrected chi connectivity index (χ1v) is 9.03. The highest BCUT2D eigenvalue weighted by Crippen LogP contribution is 2.25. The third-order valence-electron chi connectivity index (χ3n) is 4.46. The molecule has 1 fully saturated rings. The first-order chi connectivity index (χ1) is 11.4. The standard InChI is InChI=1S/C18H32O6/c1-2-16-15(21)12-17(24-16)14(20)11-10-13(19)8-6-4-3-5-7-9-18(22)23/h10-11,13-17,19-21H,2-9,12H2,1H3,(H,22,23)/b11-10+/t13-,14+,15+,16+,17-/m1/s1. The summed E-state index contributed by atoms with van der Waals surface area (Å²) in [4.78, 5) is 10.4.